The number of nitrogens with one attached hydrogen (secondary N) is 2. The van der Waals surface area contributed by atoms with Crippen LogP contribution in [0.3, 0.4) is 0 Å². The van der Waals surface area contributed by atoms with Gasteiger partial charge in [0.25, 0.3) is 0 Å². The Kier molecular flexibility index (Phi) is 8.86. The summed E-state index contributed by atoms with van der Waals surface area (Å²) in [5, 5.41) is 6.50. The third-order valence-corrected chi connectivity index (χ3v) is 7.59. The van der Waals surface area contributed by atoms with Crippen molar-refractivity contribution in [3.63, 3.8) is 0 Å². The van der Waals surface area contributed by atoms with Gasteiger partial charge in [-0.15, -0.1) is 17.8 Å². The van der Waals surface area contributed by atoms with Crippen molar-refractivity contribution in [3.8, 4) is 18.1 Å². The molecule has 2 amide bonds. The van der Waals surface area contributed by atoms with Gasteiger partial charge in [0.05, 0.1) is 25.3 Å². The number of fused-ring (bicyclic) bond motifs is 1. The van der Waals surface area contributed by atoms with Crippen molar-refractivity contribution >= 4 is 28.3 Å². The van der Waals surface area contributed by atoms with Crippen molar-refractivity contribution in [1.82, 2.24) is 14.9 Å². The first-order valence-corrected chi connectivity index (χ1v) is 13.3. The van der Waals surface area contributed by atoms with E-state index in [2.05, 4.69) is 21.5 Å². The number of nitrogens with zero attached hydrogens (tertiary/aromatic N) is 2. The van der Waals surface area contributed by atoms with Gasteiger partial charge in [-0.3, -0.25) is 4.79 Å². The van der Waals surface area contributed by atoms with E-state index >= 15 is 0 Å². The highest BCUT2D eigenvalue weighted by atomic mass is 32.1. The Labute approximate surface area is 221 Å². The molecular weight excluding hydrogens is 488 g/mol. The number of thiophene rings is 1. The van der Waals surface area contributed by atoms with Crippen molar-refractivity contribution in [2.75, 3.05) is 18.5 Å². The van der Waals surface area contributed by atoms with Crippen molar-refractivity contribution in [2.24, 2.45) is 13.0 Å². The maximum atomic E-state index is 12.8. The van der Waals surface area contributed by atoms with Crippen LogP contribution >= 0.6 is 11.3 Å². The lowest BCUT2D eigenvalue weighted by molar-refractivity contribution is -0.116. The number of hydrogen-bond acceptors (Lipinski definition) is 6. The Morgan fingerprint density at radius 2 is 2.16 bits per heavy atom. The summed E-state index contributed by atoms with van der Waals surface area (Å²) >= 11 is 1.53. The van der Waals surface area contributed by atoms with E-state index in [4.69, 9.17) is 15.9 Å². The predicted molar refractivity (Wildman–Crippen MR) is 144 cm³/mol. The van der Waals surface area contributed by atoms with Crippen LogP contribution in [0.2, 0.25) is 0 Å². The van der Waals surface area contributed by atoms with Crippen LogP contribution in [0.25, 0.3) is 0 Å². The quantitative estimate of drug-likeness (QED) is 0.385. The number of aryl methyl sites for hydroxylation is 2. The topological polar surface area (TPSA) is 94.5 Å². The Morgan fingerprint density at radius 3 is 2.92 bits per heavy atom. The number of hydrogen-bond donors (Lipinski definition) is 2. The Morgan fingerprint density at radius 1 is 1.32 bits per heavy atom. The summed E-state index contributed by atoms with van der Waals surface area (Å²) in [6.45, 7) is 3.17. The molecule has 2 heterocycles. The molecule has 1 aliphatic rings. The number of anilines is 1. The van der Waals surface area contributed by atoms with Crippen molar-refractivity contribution in [2.45, 2.75) is 45.6 Å². The minimum atomic E-state index is -0.455. The molecule has 194 valence electrons. The summed E-state index contributed by atoms with van der Waals surface area (Å²) < 4.78 is 13.0. The number of carbonyl (C=O) groups is 2. The molecule has 0 bridgehead atoms. The third-order valence-electron chi connectivity index (χ3n) is 6.42. The molecular formula is C28H32N4O4S. The number of benzene rings is 1. The molecule has 1 atom stereocenters. The van der Waals surface area contributed by atoms with Crippen LogP contribution in [0, 0.1) is 18.3 Å². The number of imidazole rings is 1. The van der Waals surface area contributed by atoms with E-state index in [9.17, 15) is 9.59 Å². The molecule has 37 heavy (non-hydrogen) atoms. The van der Waals surface area contributed by atoms with Crippen molar-refractivity contribution in [3.05, 3.63) is 64.1 Å². The molecule has 0 saturated heterocycles. The first-order chi connectivity index (χ1) is 18.0. The van der Waals surface area contributed by atoms with E-state index < -0.39 is 6.09 Å². The van der Waals surface area contributed by atoms with Gasteiger partial charge in [-0.1, -0.05) is 24.1 Å². The summed E-state index contributed by atoms with van der Waals surface area (Å²) in [5.74, 6) is 4.48. The molecule has 0 radical (unpaired) electrons. The smallest absolute Gasteiger partial charge is 0.407 e. The van der Waals surface area contributed by atoms with Gasteiger partial charge < -0.3 is 24.7 Å². The second-order valence-corrected chi connectivity index (χ2v) is 10.1. The minimum Gasteiger partial charge on any atom is -0.494 e. The van der Waals surface area contributed by atoms with Gasteiger partial charge >= 0.3 is 6.09 Å². The fourth-order valence-corrected chi connectivity index (χ4v) is 5.79. The van der Waals surface area contributed by atoms with Gasteiger partial charge in [-0.25, -0.2) is 9.78 Å². The molecule has 9 heteroatoms. The van der Waals surface area contributed by atoms with E-state index in [1.165, 1.54) is 11.3 Å². The van der Waals surface area contributed by atoms with E-state index in [0.29, 0.717) is 32.6 Å². The number of amides is 2. The van der Waals surface area contributed by atoms with Crippen molar-refractivity contribution < 1.29 is 19.1 Å². The van der Waals surface area contributed by atoms with Crippen LogP contribution in [0.4, 0.5) is 9.80 Å². The lowest BCUT2D eigenvalue weighted by atomic mass is 9.87. The Hall–Kier alpha value is -3.77. The highest BCUT2D eigenvalue weighted by molar-refractivity contribution is 7.16. The zero-order valence-corrected chi connectivity index (χ0v) is 22.0. The average molecular weight is 521 g/mol. The maximum Gasteiger partial charge on any atom is 0.407 e. The summed E-state index contributed by atoms with van der Waals surface area (Å²) in [4.78, 5) is 30.2. The summed E-state index contributed by atoms with van der Waals surface area (Å²) in [7, 11) is 1.87. The zero-order valence-electron chi connectivity index (χ0n) is 21.2. The van der Waals surface area contributed by atoms with E-state index in [1.807, 2.05) is 49.0 Å². The number of carbonyl (C=O) groups excluding carboxylic acids is 2. The summed E-state index contributed by atoms with van der Waals surface area (Å²) in [5.41, 5.74) is 2.91. The first kappa shape index (κ1) is 26.3. The number of rotatable bonds is 10. The van der Waals surface area contributed by atoms with E-state index in [1.54, 1.807) is 6.20 Å². The second-order valence-electron chi connectivity index (χ2n) is 8.96. The van der Waals surface area contributed by atoms with Crippen LogP contribution in [0.5, 0.6) is 5.75 Å². The molecule has 1 aliphatic carbocycles. The van der Waals surface area contributed by atoms with Gasteiger partial charge in [-0.2, -0.15) is 0 Å². The monoisotopic (exact) mass is 520 g/mol. The van der Waals surface area contributed by atoms with Crippen LogP contribution in [-0.2, 0) is 42.4 Å². The number of para-hydroxylation sites is 1. The van der Waals surface area contributed by atoms with Crippen LogP contribution in [-0.4, -0.2) is 34.8 Å². The lowest BCUT2D eigenvalue weighted by Crippen LogP contribution is -2.28. The largest absolute Gasteiger partial charge is 0.494 e. The van der Waals surface area contributed by atoms with Gasteiger partial charge in [0, 0.05) is 30.7 Å². The van der Waals surface area contributed by atoms with Gasteiger partial charge in [-0.05, 0) is 55.7 Å². The first-order valence-electron chi connectivity index (χ1n) is 12.5. The molecule has 2 aromatic heterocycles. The second kappa shape index (κ2) is 12.5. The fraction of sp³-hybridized carbons (Fsp3) is 0.393. The highest BCUT2D eigenvalue weighted by Gasteiger charge is 2.26. The zero-order chi connectivity index (χ0) is 26.2. The SMILES string of the molecule is C#Cc1c(NC(=O)CCc2ccccc2OCC)sc2c1CCC(COC(=O)NCc1nccn1C)C2. The summed E-state index contributed by atoms with van der Waals surface area (Å²) in [6.07, 6.45) is 12.2. The maximum absolute atomic E-state index is 12.8. The predicted octanol–water partition coefficient (Wildman–Crippen LogP) is 4.46. The molecule has 0 fully saturated rings. The number of aromatic nitrogens is 2. The standard InChI is InChI=1S/C28H32N4O4S/c1-4-21-22-12-10-19(18-36-28(34)30-17-25-29-14-15-32(25)3)16-24(22)37-27(21)31-26(33)13-11-20-8-6-7-9-23(20)35-5-2/h1,6-9,14-15,19H,5,10-13,16-18H2,2-3H3,(H,30,34)(H,31,33). The molecule has 4 rings (SSSR count). The number of terminal acetylenes is 1. The number of alkyl carbamates (subject to hydrolysis) is 1. The number of ether oxygens (including phenoxy) is 2. The minimum absolute atomic E-state index is 0.0781. The molecule has 1 unspecified atom stereocenters. The fourth-order valence-electron chi connectivity index (χ4n) is 4.44. The Bertz CT molecular complexity index is 1290. The van der Waals surface area contributed by atoms with Crippen molar-refractivity contribution in [1.29, 1.82) is 0 Å². The van der Waals surface area contributed by atoms with Crippen LogP contribution < -0.4 is 15.4 Å². The molecule has 1 aromatic carbocycles. The Balaban J connectivity index is 1.29. The van der Waals surface area contributed by atoms with Crippen LogP contribution in [0.1, 0.15) is 47.2 Å². The molecule has 8 nitrogen and oxygen atoms in total. The molecule has 0 aliphatic heterocycles. The average Bonchev–Trinajstić information content (AvgIpc) is 3.47. The van der Waals surface area contributed by atoms with Gasteiger partial charge in [0.1, 0.15) is 16.6 Å². The van der Waals surface area contributed by atoms with E-state index in [0.717, 1.165) is 57.4 Å². The molecule has 2 N–H and O–H groups in total. The van der Waals surface area contributed by atoms with Gasteiger partial charge in [0.2, 0.25) is 5.91 Å². The van der Waals surface area contributed by atoms with E-state index in [-0.39, 0.29) is 11.8 Å². The molecule has 0 spiro atoms. The lowest BCUT2D eigenvalue weighted by Gasteiger charge is -2.22. The molecule has 0 saturated carbocycles. The molecule has 3 aromatic rings. The third kappa shape index (κ3) is 6.71. The summed E-state index contributed by atoms with van der Waals surface area (Å²) in [6, 6.07) is 7.78. The normalized spacial score (nSPS) is 14.4. The highest BCUT2D eigenvalue weighted by Crippen LogP contribution is 2.39. The van der Waals surface area contributed by atoms with Crippen LogP contribution in [0.15, 0.2) is 36.7 Å². The van der Waals surface area contributed by atoms with Gasteiger partial charge in [0.15, 0.2) is 0 Å².